The second kappa shape index (κ2) is 6.16. The molecule has 0 saturated carbocycles. The molecule has 1 amide bonds. The van der Waals surface area contributed by atoms with Crippen LogP contribution in [0.25, 0.3) is 0 Å². The van der Waals surface area contributed by atoms with Gasteiger partial charge in [-0.15, -0.1) is 11.6 Å². The van der Waals surface area contributed by atoms with Crippen LogP contribution < -0.4 is 10.0 Å². The van der Waals surface area contributed by atoms with E-state index in [1.165, 1.54) is 30.6 Å². The van der Waals surface area contributed by atoms with Gasteiger partial charge in [0.25, 0.3) is 10.0 Å². The van der Waals surface area contributed by atoms with Crippen LogP contribution in [0.1, 0.15) is 0 Å². The molecule has 1 heterocycles. The summed E-state index contributed by atoms with van der Waals surface area (Å²) in [7, 11) is -3.71. The first-order valence-electron chi connectivity index (χ1n) is 5.26. The van der Waals surface area contributed by atoms with Crippen molar-refractivity contribution in [3.63, 3.8) is 0 Å². The summed E-state index contributed by atoms with van der Waals surface area (Å²) < 4.78 is 30.0. The maximum atomic E-state index is 12.0. The fraction of sp³-hybridized carbons (Fsp3) is 0.100. The molecule has 2 rings (SSSR count). The van der Waals surface area contributed by atoms with E-state index in [0.717, 1.165) is 11.5 Å². The average Bonchev–Trinajstić information content (AvgIpc) is 2.91. The Morgan fingerprint density at radius 2 is 2.00 bits per heavy atom. The van der Waals surface area contributed by atoms with Gasteiger partial charge in [-0.1, -0.05) is 0 Å². The topological polar surface area (TPSA) is 101 Å². The Morgan fingerprint density at radius 3 is 2.55 bits per heavy atom. The number of nitrogens with one attached hydrogen (secondary N) is 2. The van der Waals surface area contributed by atoms with E-state index >= 15 is 0 Å². The Morgan fingerprint density at radius 1 is 1.30 bits per heavy atom. The second-order valence-corrected chi connectivity index (χ2v) is 6.29. The van der Waals surface area contributed by atoms with Gasteiger partial charge in [0, 0.05) is 17.2 Å². The SMILES string of the molecule is O=C(CCl)Nc1ccc(S(=O)(=O)Nc2ncns2)cc1. The Bertz CT molecular complexity index is 686. The lowest BCUT2D eigenvalue weighted by atomic mass is 10.3. The van der Waals surface area contributed by atoms with E-state index in [9.17, 15) is 13.2 Å². The van der Waals surface area contributed by atoms with Gasteiger partial charge in [-0.3, -0.25) is 9.52 Å². The van der Waals surface area contributed by atoms with E-state index in [2.05, 4.69) is 19.4 Å². The lowest BCUT2D eigenvalue weighted by molar-refractivity contribution is -0.113. The Balaban J connectivity index is 2.14. The third-order valence-corrected chi connectivity index (χ3v) is 4.46. The normalized spacial score (nSPS) is 11.1. The monoisotopic (exact) mass is 332 g/mol. The van der Waals surface area contributed by atoms with Crippen molar-refractivity contribution in [2.75, 3.05) is 15.9 Å². The molecule has 0 atom stereocenters. The highest BCUT2D eigenvalue weighted by Gasteiger charge is 2.15. The highest BCUT2D eigenvalue weighted by atomic mass is 35.5. The van der Waals surface area contributed by atoms with E-state index in [0.29, 0.717) is 5.69 Å². The maximum absolute atomic E-state index is 12.0. The molecule has 0 unspecified atom stereocenters. The largest absolute Gasteiger partial charge is 0.325 e. The summed E-state index contributed by atoms with van der Waals surface area (Å²) in [6.45, 7) is 0. The number of hydrogen-bond acceptors (Lipinski definition) is 6. The number of benzene rings is 1. The second-order valence-electron chi connectivity index (χ2n) is 3.56. The quantitative estimate of drug-likeness (QED) is 0.808. The van der Waals surface area contributed by atoms with Gasteiger partial charge >= 0.3 is 0 Å². The van der Waals surface area contributed by atoms with E-state index in [1.54, 1.807) is 0 Å². The zero-order chi connectivity index (χ0) is 14.6. The molecule has 2 aromatic rings. The third-order valence-electron chi connectivity index (χ3n) is 2.15. The van der Waals surface area contributed by atoms with Gasteiger partial charge in [0.05, 0.1) is 4.90 Å². The van der Waals surface area contributed by atoms with Crippen molar-refractivity contribution in [1.29, 1.82) is 0 Å². The first kappa shape index (κ1) is 14.7. The fourth-order valence-corrected chi connectivity index (χ4v) is 3.03. The number of nitrogens with zero attached hydrogens (tertiary/aromatic N) is 2. The van der Waals surface area contributed by atoms with Crippen molar-refractivity contribution in [1.82, 2.24) is 9.36 Å². The molecule has 0 radical (unpaired) electrons. The average molecular weight is 333 g/mol. The molecular weight excluding hydrogens is 324 g/mol. The number of hydrogen-bond donors (Lipinski definition) is 2. The molecule has 0 fully saturated rings. The molecule has 0 spiro atoms. The molecule has 0 aliphatic carbocycles. The molecule has 7 nitrogen and oxygen atoms in total. The summed E-state index contributed by atoms with van der Waals surface area (Å²) in [6.07, 6.45) is 1.26. The van der Waals surface area contributed by atoms with Crippen molar-refractivity contribution in [2.24, 2.45) is 0 Å². The zero-order valence-electron chi connectivity index (χ0n) is 9.91. The molecule has 0 saturated heterocycles. The Hall–Kier alpha value is -1.71. The maximum Gasteiger partial charge on any atom is 0.263 e. The number of carbonyl (C=O) groups is 1. The molecule has 2 N–H and O–H groups in total. The number of sulfonamides is 1. The minimum absolute atomic E-state index is 0.0524. The number of rotatable bonds is 5. The lowest BCUT2D eigenvalue weighted by Crippen LogP contribution is -2.14. The number of halogens is 1. The van der Waals surface area contributed by atoms with Crippen LogP contribution in [0.5, 0.6) is 0 Å². The van der Waals surface area contributed by atoms with Crippen LogP contribution in [0.2, 0.25) is 0 Å². The first-order valence-corrected chi connectivity index (χ1v) is 8.06. The van der Waals surface area contributed by atoms with E-state index in [4.69, 9.17) is 11.6 Å². The molecule has 106 valence electrons. The van der Waals surface area contributed by atoms with Crippen LogP contribution in [0.3, 0.4) is 0 Å². The third kappa shape index (κ3) is 3.65. The van der Waals surface area contributed by atoms with Crippen molar-refractivity contribution in [2.45, 2.75) is 4.90 Å². The van der Waals surface area contributed by atoms with Gasteiger partial charge in [-0.25, -0.2) is 13.4 Å². The van der Waals surface area contributed by atoms with Crippen LogP contribution in [0.15, 0.2) is 35.5 Å². The standard InChI is InChI=1S/C10H9ClN4O3S2/c11-5-9(16)14-7-1-3-8(4-2-7)20(17,18)15-10-12-6-13-19-10/h1-4,6H,5H2,(H,14,16)(H,12,13,15). The van der Waals surface area contributed by atoms with Crippen LogP contribution in [-0.2, 0) is 14.8 Å². The lowest BCUT2D eigenvalue weighted by Gasteiger charge is -2.06. The highest BCUT2D eigenvalue weighted by Crippen LogP contribution is 2.18. The van der Waals surface area contributed by atoms with Gasteiger partial charge in [0.15, 0.2) is 0 Å². The number of aromatic nitrogens is 2. The fourth-order valence-electron chi connectivity index (χ4n) is 1.30. The molecular formula is C10H9ClN4O3S2. The number of carbonyl (C=O) groups excluding carboxylic acids is 1. The predicted octanol–water partition coefficient (Wildman–Crippen LogP) is 1.52. The summed E-state index contributed by atoms with van der Waals surface area (Å²) in [6, 6.07) is 5.68. The van der Waals surface area contributed by atoms with Crippen molar-refractivity contribution in [3.05, 3.63) is 30.6 Å². The van der Waals surface area contributed by atoms with Crippen molar-refractivity contribution < 1.29 is 13.2 Å². The zero-order valence-corrected chi connectivity index (χ0v) is 12.3. The molecule has 1 aromatic carbocycles. The highest BCUT2D eigenvalue weighted by molar-refractivity contribution is 7.93. The smallest absolute Gasteiger partial charge is 0.263 e. The van der Waals surface area contributed by atoms with Crippen molar-refractivity contribution in [3.8, 4) is 0 Å². The molecule has 1 aromatic heterocycles. The summed E-state index contributed by atoms with van der Waals surface area (Å²) in [5.41, 5.74) is 0.463. The van der Waals surface area contributed by atoms with E-state index < -0.39 is 10.0 Å². The van der Waals surface area contributed by atoms with Crippen LogP contribution in [0, 0.1) is 0 Å². The first-order chi connectivity index (χ1) is 9.51. The van der Waals surface area contributed by atoms with Gasteiger partial charge in [-0.2, -0.15) is 4.37 Å². The van der Waals surface area contributed by atoms with Gasteiger partial charge in [0.2, 0.25) is 11.0 Å². The molecule has 0 bridgehead atoms. The molecule has 0 aliphatic rings. The van der Waals surface area contributed by atoms with Crippen LogP contribution in [0.4, 0.5) is 10.8 Å². The van der Waals surface area contributed by atoms with E-state index in [1.807, 2.05) is 0 Å². The van der Waals surface area contributed by atoms with Gasteiger partial charge < -0.3 is 5.32 Å². The molecule has 20 heavy (non-hydrogen) atoms. The summed E-state index contributed by atoms with van der Waals surface area (Å²) in [5, 5.41) is 2.69. The van der Waals surface area contributed by atoms with E-state index in [-0.39, 0.29) is 21.8 Å². The Kier molecular flexibility index (Phi) is 4.53. The van der Waals surface area contributed by atoms with Gasteiger partial charge in [0.1, 0.15) is 12.2 Å². The molecule has 0 aliphatic heterocycles. The Labute approximate surface area is 124 Å². The van der Waals surface area contributed by atoms with Crippen LogP contribution >= 0.6 is 23.1 Å². The minimum atomic E-state index is -3.71. The van der Waals surface area contributed by atoms with Crippen LogP contribution in [-0.4, -0.2) is 29.6 Å². The number of anilines is 2. The minimum Gasteiger partial charge on any atom is -0.325 e. The van der Waals surface area contributed by atoms with Gasteiger partial charge in [-0.05, 0) is 24.3 Å². The summed E-state index contributed by atoms with van der Waals surface area (Å²) in [5.74, 6) is -0.534. The predicted molar refractivity (Wildman–Crippen MR) is 76.5 cm³/mol. The molecule has 10 heteroatoms. The number of amides is 1. The summed E-state index contributed by atoms with van der Waals surface area (Å²) >= 11 is 6.29. The number of alkyl halides is 1. The summed E-state index contributed by atoms with van der Waals surface area (Å²) in [4.78, 5) is 14.9. The van der Waals surface area contributed by atoms with Crippen molar-refractivity contribution >= 4 is 49.9 Å².